The molecule has 6 bridgehead atoms. The average Bonchev–Trinajstić information content (AvgIpc) is 3.84. The van der Waals surface area contributed by atoms with Gasteiger partial charge >= 0.3 is 5.97 Å². The number of rotatable bonds is 7. The summed E-state index contributed by atoms with van der Waals surface area (Å²) < 4.78 is 6.15. The van der Waals surface area contributed by atoms with Crippen molar-refractivity contribution in [3.05, 3.63) is 88.1 Å². The zero-order valence-electron chi connectivity index (χ0n) is 26.0. The maximum Gasteiger partial charge on any atom is 0.355 e. The summed E-state index contributed by atoms with van der Waals surface area (Å²) in [5, 5.41) is 29.9. The van der Waals surface area contributed by atoms with Crippen LogP contribution in [0.15, 0.2) is 60.0 Å². The van der Waals surface area contributed by atoms with Crippen LogP contribution in [0.4, 0.5) is 5.69 Å². The molecule has 4 aromatic rings. The fourth-order valence-electron chi connectivity index (χ4n) is 10.1. The third-order valence-electron chi connectivity index (χ3n) is 11.5. The standard InChI is InChI=1S/C37H34N4O6S/c38-16-18-1-3-22(4-2-18)39-33(42)25-12-26-28(47-9-7-19-8-10-48-32(19)26)13-24(25)23-5-6-27(40-31(23)35(44)45)34(43)41-36-14-20-11-21-15-37(46,17-36)30(20)29(21)36/h1-6,8,10,12-13,20-21,29-30,46H,7,9,11,14-17,38H2,(H,39,42)(H,41,43)(H,44,45). The number of carboxylic acids is 1. The van der Waals surface area contributed by atoms with Gasteiger partial charge in [-0.15, -0.1) is 11.3 Å². The van der Waals surface area contributed by atoms with E-state index in [1.54, 1.807) is 41.7 Å². The highest BCUT2D eigenvalue weighted by atomic mass is 32.1. The monoisotopic (exact) mass is 662 g/mol. The van der Waals surface area contributed by atoms with Gasteiger partial charge in [0.1, 0.15) is 11.4 Å². The number of nitrogens with two attached hydrogens (primary N) is 1. The normalized spacial score (nSPS) is 28.5. The van der Waals surface area contributed by atoms with Crippen molar-refractivity contribution in [2.75, 3.05) is 11.9 Å². The highest BCUT2D eigenvalue weighted by Gasteiger charge is 2.78. The Morgan fingerprint density at radius 1 is 0.979 bits per heavy atom. The van der Waals surface area contributed by atoms with E-state index in [0.717, 1.165) is 40.8 Å². The van der Waals surface area contributed by atoms with Crippen LogP contribution < -0.4 is 21.1 Å². The molecule has 0 saturated heterocycles. The number of aromatic carboxylic acids is 1. The molecule has 6 N–H and O–H groups in total. The number of amides is 2. The molecule has 11 heteroatoms. The summed E-state index contributed by atoms with van der Waals surface area (Å²) in [7, 11) is 0. The minimum atomic E-state index is -1.32. The highest BCUT2D eigenvalue weighted by Crippen LogP contribution is 2.76. The predicted octanol–water partition coefficient (Wildman–Crippen LogP) is 5.10. The number of nitrogens with one attached hydrogen (secondary N) is 2. The van der Waals surface area contributed by atoms with E-state index in [1.807, 2.05) is 23.6 Å². The predicted molar refractivity (Wildman–Crippen MR) is 179 cm³/mol. The molecular weight excluding hydrogens is 628 g/mol. The zero-order valence-corrected chi connectivity index (χ0v) is 26.8. The van der Waals surface area contributed by atoms with Crippen molar-refractivity contribution in [1.29, 1.82) is 0 Å². The second-order valence-corrected chi connectivity index (χ2v) is 15.0. The van der Waals surface area contributed by atoms with E-state index in [9.17, 15) is 24.6 Å². The quantitative estimate of drug-likeness (QED) is 0.183. The minimum absolute atomic E-state index is 0.0161. The molecule has 2 amide bonds. The first-order valence-corrected chi connectivity index (χ1v) is 17.3. The summed E-state index contributed by atoms with van der Waals surface area (Å²) in [6.45, 7) is 0.801. The lowest BCUT2D eigenvalue weighted by molar-refractivity contribution is -0.0695. The summed E-state index contributed by atoms with van der Waals surface area (Å²) in [6.07, 6.45) is 3.99. The topological polar surface area (TPSA) is 164 Å². The number of hydrogen-bond acceptors (Lipinski definition) is 8. The van der Waals surface area contributed by atoms with Gasteiger partial charge in [-0.25, -0.2) is 9.78 Å². The summed E-state index contributed by atoms with van der Waals surface area (Å²) in [5.41, 5.74) is 8.32. The molecule has 10 nitrogen and oxygen atoms in total. The van der Waals surface area contributed by atoms with Crippen LogP contribution in [0.25, 0.3) is 21.6 Å². The first kappa shape index (κ1) is 29.6. The number of pyridine rings is 1. The summed E-state index contributed by atoms with van der Waals surface area (Å²) in [5.74, 6) is -0.346. The van der Waals surface area contributed by atoms with Gasteiger partial charge in [-0.2, -0.15) is 0 Å². The molecule has 1 aliphatic heterocycles. The van der Waals surface area contributed by atoms with Crippen LogP contribution in [0.5, 0.6) is 5.75 Å². The Labute approximate surface area is 280 Å². The molecule has 0 spiro atoms. The molecule has 2 aromatic carbocycles. The van der Waals surface area contributed by atoms with Gasteiger partial charge in [0.05, 0.1) is 12.2 Å². The van der Waals surface area contributed by atoms with Gasteiger partial charge in [0.15, 0.2) is 5.69 Å². The molecular formula is C37H34N4O6S. The first-order valence-electron chi connectivity index (χ1n) is 16.4. The van der Waals surface area contributed by atoms with E-state index in [-0.39, 0.29) is 34.4 Å². The Kier molecular flexibility index (Phi) is 6.44. The van der Waals surface area contributed by atoms with Gasteiger partial charge in [-0.3, -0.25) is 9.59 Å². The highest BCUT2D eigenvalue weighted by molar-refractivity contribution is 7.13. The molecule has 48 heavy (non-hydrogen) atoms. The second-order valence-electron chi connectivity index (χ2n) is 14.1. The van der Waals surface area contributed by atoms with E-state index < -0.39 is 28.9 Å². The van der Waals surface area contributed by atoms with E-state index >= 15 is 0 Å². The van der Waals surface area contributed by atoms with Crippen LogP contribution in [0.1, 0.15) is 68.1 Å². The molecule has 244 valence electrons. The second kappa shape index (κ2) is 10.5. The molecule has 4 fully saturated rings. The van der Waals surface area contributed by atoms with Crippen molar-refractivity contribution >= 4 is 34.8 Å². The maximum absolute atomic E-state index is 14.0. The smallest absolute Gasteiger partial charge is 0.355 e. The fourth-order valence-corrected chi connectivity index (χ4v) is 11.0. The number of carboxylic acid groups (broad SMARTS) is 1. The SMILES string of the molecule is NCc1ccc(NC(=O)c2cc3c(cc2-c2ccc(C(=O)NC45CC6CC7CC(O)(C4)C6C75)nc2C(=O)O)OCCc2ccsc2-3)cc1. The van der Waals surface area contributed by atoms with Crippen LogP contribution in [0.2, 0.25) is 0 Å². The summed E-state index contributed by atoms with van der Waals surface area (Å²) in [6, 6.07) is 15.8. The van der Waals surface area contributed by atoms with E-state index in [4.69, 9.17) is 10.5 Å². The Hall–Kier alpha value is -4.58. The molecule has 4 saturated carbocycles. The number of aliphatic hydroxyl groups is 1. The van der Waals surface area contributed by atoms with Crippen molar-refractivity contribution in [2.24, 2.45) is 29.4 Å². The van der Waals surface area contributed by atoms with E-state index in [2.05, 4.69) is 15.6 Å². The van der Waals surface area contributed by atoms with Crippen LogP contribution in [-0.4, -0.2) is 50.7 Å². The van der Waals surface area contributed by atoms with Crippen LogP contribution in [-0.2, 0) is 13.0 Å². The minimum Gasteiger partial charge on any atom is -0.493 e. The Morgan fingerprint density at radius 3 is 2.52 bits per heavy atom. The number of nitrogens with zero attached hydrogens (tertiary/aromatic N) is 1. The van der Waals surface area contributed by atoms with Gasteiger partial charge in [0, 0.05) is 51.3 Å². The number of hydrogen-bond donors (Lipinski definition) is 5. The van der Waals surface area contributed by atoms with E-state index in [1.165, 1.54) is 6.07 Å². The number of fused-ring (bicyclic) bond motifs is 3. The third kappa shape index (κ3) is 4.30. The number of thiophene rings is 1. The zero-order chi connectivity index (χ0) is 32.9. The van der Waals surface area contributed by atoms with Gasteiger partial charge in [0.25, 0.3) is 11.8 Å². The number of carbonyl (C=O) groups is 3. The van der Waals surface area contributed by atoms with Gasteiger partial charge in [0.2, 0.25) is 0 Å². The molecule has 6 atom stereocenters. The Morgan fingerprint density at radius 2 is 1.79 bits per heavy atom. The largest absolute Gasteiger partial charge is 0.493 e. The fraction of sp³-hybridized carbons (Fsp3) is 0.351. The van der Waals surface area contributed by atoms with Crippen molar-refractivity contribution in [3.8, 4) is 27.3 Å². The molecule has 9 rings (SSSR count). The maximum atomic E-state index is 14.0. The molecule has 5 aliphatic rings. The van der Waals surface area contributed by atoms with Crippen molar-refractivity contribution in [2.45, 2.75) is 49.8 Å². The number of benzene rings is 2. The van der Waals surface area contributed by atoms with E-state index in [0.29, 0.717) is 54.8 Å². The van der Waals surface area contributed by atoms with Crippen molar-refractivity contribution < 1.29 is 29.3 Å². The third-order valence-corrected chi connectivity index (χ3v) is 12.5. The van der Waals surface area contributed by atoms with Gasteiger partial charge < -0.3 is 31.3 Å². The number of ether oxygens (including phenoxy) is 1. The molecule has 0 radical (unpaired) electrons. The Bertz CT molecular complexity index is 2040. The molecule has 4 aliphatic carbocycles. The lowest BCUT2D eigenvalue weighted by Crippen LogP contribution is -2.58. The van der Waals surface area contributed by atoms with Crippen LogP contribution in [0, 0.1) is 23.7 Å². The average molecular weight is 663 g/mol. The number of anilines is 1. The first-order chi connectivity index (χ1) is 23.2. The lowest BCUT2D eigenvalue weighted by atomic mass is 9.63. The number of aromatic nitrogens is 1. The van der Waals surface area contributed by atoms with Crippen molar-refractivity contribution in [3.63, 3.8) is 0 Å². The van der Waals surface area contributed by atoms with Crippen LogP contribution >= 0.6 is 11.3 Å². The van der Waals surface area contributed by atoms with Crippen molar-refractivity contribution in [1.82, 2.24) is 10.3 Å². The molecule has 2 aromatic heterocycles. The van der Waals surface area contributed by atoms with Gasteiger partial charge in [-0.1, -0.05) is 12.1 Å². The van der Waals surface area contributed by atoms with Gasteiger partial charge in [-0.05, 0) is 108 Å². The summed E-state index contributed by atoms with van der Waals surface area (Å²) in [4.78, 5) is 45.9. The number of carbonyl (C=O) groups excluding carboxylic acids is 2. The molecule has 6 unspecified atom stereocenters. The lowest BCUT2D eigenvalue weighted by Gasteiger charge is -2.49. The van der Waals surface area contributed by atoms with Crippen LogP contribution in [0.3, 0.4) is 0 Å². The molecule has 3 heterocycles. The summed E-state index contributed by atoms with van der Waals surface area (Å²) >= 11 is 1.56. The Balaban J connectivity index is 1.10.